The number of nitrogens with zero attached hydrogens (tertiary/aromatic N) is 1. The molecule has 0 radical (unpaired) electrons. The lowest BCUT2D eigenvalue weighted by Crippen LogP contribution is -2.48. The van der Waals surface area contributed by atoms with Crippen LogP contribution in [0.25, 0.3) is 0 Å². The van der Waals surface area contributed by atoms with Crippen molar-refractivity contribution in [1.29, 1.82) is 0 Å². The van der Waals surface area contributed by atoms with Crippen molar-refractivity contribution in [3.8, 4) is 0 Å². The molecule has 2 N–H and O–H groups in total. The molecule has 0 bridgehead atoms. The number of carbonyl (C=O) groups is 3. The monoisotopic (exact) mass is 469 g/mol. The average molecular weight is 470 g/mol. The minimum atomic E-state index is -0.990. The maximum Gasteiger partial charge on any atom is 0.406 e. The van der Waals surface area contributed by atoms with Crippen molar-refractivity contribution in [2.45, 2.75) is 57.5 Å². The molecule has 0 aliphatic heterocycles. The number of aryl methyl sites for hydroxylation is 1. The van der Waals surface area contributed by atoms with Gasteiger partial charge in [0, 0.05) is 24.7 Å². The van der Waals surface area contributed by atoms with E-state index in [0.717, 1.165) is 37.7 Å². The largest absolute Gasteiger partial charge is 0.453 e. The highest BCUT2D eigenvalue weighted by atomic mass is 19.1. The van der Waals surface area contributed by atoms with Crippen LogP contribution in [0.5, 0.6) is 0 Å². The van der Waals surface area contributed by atoms with E-state index in [2.05, 4.69) is 15.4 Å². The normalized spacial score (nSPS) is 14.7. The van der Waals surface area contributed by atoms with Crippen LogP contribution in [-0.2, 0) is 14.3 Å². The number of alkyl carbamates (subject to hydrolysis) is 1. The summed E-state index contributed by atoms with van der Waals surface area (Å²) in [4.78, 5) is 40.0. The van der Waals surface area contributed by atoms with Crippen molar-refractivity contribution in [2.75, 3.05) is 18.6 Å². The van der Waals surface area contributed by atoms with Gasteiger partial charge < -0.3 is 15.4 Å². The Balaban J connectivity index is 1.99. The molecule has 182 valence electrons. The minimum absolute atomic E-state index is 0.0159. The molecule has 0 spiro atoms. The molecular weight excluding hydrogens is 437 g/mol. The van der Waals surface area contributed by atoms with Crippen LogP contribution < -0.4 is 15.5 Å². The molecule has 0 aromatic heterocycles. The van der Waals surface area contributed by atoms with Gasteiger partial charge in [0.1, 0.15) is 11.9 Å². The van der Waals surface area contributed by atoms with E-state index in [4.69, 9.17) is 0 Å². The van der Waals surface area contributed by atoms with Crippen LogP contribution in [0.1, 0.15) is 55.7 Å². The predicted octanol–water partition coefficient (Wildman–Crippen LogP) is 4.40. The first-order chi connectivity index (χ1) is 16.4. The zero-order valence-electron chi connectivity index (χ0n) is 19.7. The number of carbonyl (C=O) groups excluding carboxylic acids is 3. The first-order valence-electron chi connectivity index (χ1n) is 11.7. The van der Waals surface area contributed by atoms with E-state index in [1.807, 2.05) is 31.2 Å². The molecule has 1 saturated carbocycles. The number of amides is 3. The number of anilines is 1. The maximum absolute atomic E-state index is 14.2. The van der Waals surface area contributed by atoms with Crippen LogP contribution in [0, 0.1) is 12.7 Å². The first kappa shape index (κ1) is 25.2. The van der Waals surface area contributed by atoms with Crippen LogP contribution in [0.2, 0.25) is 0 Å². The zero-order chi connectivity index (χ0) is 24.5. The molecule has 3 amide bonds. The van der Waals surface area contributed by atoms with Crippen LogP contribution in [0.4, 0.5) is 14.9 Å². The van der Waals surface area contributed by atoms with Gasteiger partial charge in [0.2, 0.25) is 11.8 Å². The molecule has 0 saturated heterocycles. The fourth-order valence-corrected chi connectivity index (χ4v) is 4.35. The van der Waals surface area contributed by atoms with Gasteiger partial charge in [0.05, 0.1) is 7.11 Å². The molecule has 8 heteroatoms. The van der Waals surface area contributed by atoms with E-state index in [1.54, 1.807) is 6.07 Å². The van der Waals surface area contributed by atoms with E-state index in [1.165, 1.54) is 30.2 Å². The van der Waals surface area contributed by atoms with E-state index in [-0.39, 0.29) is 30.6 Å². The fourth-order valence-electron chi connectivity index (χ4n) is 4.35. The maximum atomic E-state index is 14.2. The zero-order valence-corrected chi connectivity index (χ0v) is 19.7. The number of ether oxygens (including phenoxy) is 1. The SMILES string of the molecule is COC(=O)NCCC(=O)N(c1cccc(F)c1)C(C(=O)NC1CCCCC1)c1ccccc1C. The third-order valence-electron chi connectivity index (χ3n) is 6.09. The van der Waals surface area contributed by atoms with E-state index >= 15 is 0 Å². The predicted molar refractivity (Wildman–Crippen MR) is 128 cm³/mol. The standard InChI is InChI=1S/C26H32FN3O4/c1-18-9-6-7-14-22(18)24(25(32)29-20-11-4-3-5-12-20)30(21-13-8-10-19(27)17-21)23(31)15-16-28-26(33)34-2/h6-10,13-14,17,20,24H,3-5,11-12,15-16H2,1-2H3,(H,28,33)(H,29,32). The molecule has 0 heterocycles. The Bertz CT molecular complexity index is 1010. The van der Waals surface area contributed by atoms with Gasteiger partial charge in [-0.15, -0.1) is 0 Å². The third-order valence-corrected chi connectivity index (χ3v) is 6.09. The summed E-state index contributed by atoms with van der Waals surface area (Å²) in [5.74, 6) is -1.24. The molecule has 7 nitrogen and oxygen atoms in total. The van der Waals surface area contributed by atoms with Gasteiger partial charge in [-0.05, 0) is 49.1 Å². The topological polar surface area (TPSA) is 87.7 Å². The summed E-state index contributed by atoms with van der Waals surface area (Å²) in [5, 5.41) is 5.61. The van der Waals surface area contributed by atoms with Gasteiger partial charge in [0.25, 0.3) is 0 Å². The van der Waals surface area contributed by atoms with Crippen LogP contribution in [-0.4, -0.2) is 37.6 Å². The number of methoxy groups -OCH3 is 1. The average Bonchev–Trinajstić information content (AvgIpc) is 2.83. The summed E-state index contributed by atoms with van der Waals surface area (Å²) in [6, 6.07) is 12.1. The van der Waals surface area contributed by atoms with Crippen LogP contribution in [0.3, 0.4) is 0 Å². The minimum Gasteiger partial charge on any atom is -0.453 e. The van der Waals surface area contributed by atoms with E-state index in [0.29, 0.717) is 5.56 Å². The molecule has 1 unspecified atom stereocenters. The Morgan fingerprint density at radius 2 is 1.82 bits per heavy atom. The molecule has 34 heavy (non-hydrogen) atoms. The second-order valence-electron chi connectivity index (χ2n) is 8.51. The van der Waals surface area contributed by atoms with Crippen LogP contribution >= 0.6 is 0 Å². The van der Waals surface area contributed by atoms with E-state index < -0.39 is 23.9 Å². The molecular formula is C26H32FN3O4. The number of nitrogens with one attached hydrogen (secondary N) is 2. The second-order valence-corrected chi connectivity index (χ2v) is 8.51. The summed E-state index contributed by atoms with van der Waals surface area (Å²) in [6.45, 7) is 1.89. The molecule has 3 rings (SSSR count). The van der Waals surface area contributed by atoms with Gasteiger partial charge in [-0.3, -0.25) is 14.5 Å². The van der Waals surface area contributed by atoms with Crippen molar-refractivity contribution in [3.63, 3.8) is 0 Å². The Kier molecular flexibility index (Phi) is 9.01. The van der Waals surface area contributed by atoms with Crippen molar-refractivity contribution < 1.29 is 23.5 Å². The summed E-state index contributed by atoms with van der Waals surface area (Å²) in [6.07, 6.45) is 4.28. The highest BCUT2D eigenvalue weighted by molar-refractivity contribution is 6.01. The van der Waals surface area contributed by atoms with Crippen molar-refractivity contribution in [2.24, 2.45) is 0 Å². The van der Waals surface area contributed by atoms with Gasteiger partial charge >= 0.3 is 6.09 Å². The number of halogens is 1. The van der Waals surface area contributed by atoms with Gasteiger partial charge in [-0.2, -0.15) is 0 Å². The third kappa shape index (κ3) is 6.56. The number of hydrogen-bond acceptors (Lipinski definition) is 4. The summed E-state index contributed by atoms with van der Waals surface area (Å²) in [7, 11) is 1.24. The van der Waals surface area contributed by atoms with Gasteiger partial charge in [-0.25, -0.2) is 9.18 Å². The Morgan fingerprint density at radius 1 is 1.09 bits per heavy atom. The lowest BCUT2D eigenvalue weighted by atomic mass is 9.93. The number of benzene rings is 2. The first-order valence-corrected chi connectivity index (χ1v) is 11.7. The van der Waals surface area contributed by atoms with E-state index in [9.17, 15) is 18.8 Å². The molecule has 1 aliphatic carbocycles. The number of hydrogen-bond donors (Lipinski definition) is 2. The second kappa shape index (κ2) is 12.2. The lowest BCUT2D eigenvalue weighted by molar-refractivity contribution is -0.127. The van der Waals surface area contributed by atoms with Crippen molar-refractivity contribution in [3.05, 3.63) is 65.5 Å². The lowest BCUT2D eigenvalue weighted by Gasteiger charge is -2.34. The quantitative estimate of drug-likeness (QED) is 0.600. The van der Waals surface area contributed by atoms with Crippen molar-refractivity contribution >= 4 is 23.6 Å². The Labute approximate surface area is 199 Å². The van der Waals surface area contributed by atoms with Crippen LogP contribution in [0.15, 0.2) is 48.5 Å². The van der Waals surface area contributed by atoms with Crippen molar-refractivity contribution in [1.82, 2.24) is 10.6 Å². The number of rotatable bonds is 8. The van der Waals surface area contributed by atoms with Gasteiger partial charge in [0.15, 0.2) is 0 Å². The summed E-state index contributed by atoms with van der Waals surface area (Å²) >= 11 is 0. The highest BCUT2D eigenvalue weighted by Gasteiger charge is 2.34. The highest BCUT2D eigenvalue weighted by Crippen LogP contribution is 2.31. The molecule has 1 atom stereocenters. The fraction of sp³-hybridized carbons (Fsp3) is 0.423. The molecule has 2 aromatic rings. The Hall–Kier alpha value is -3.42. The Morgan fingerprint density at radius 3 is 2.50 bits per heavy atom. The van der Waals surface area contributed by atoms with Gasteiger partial charge in [-0.1, -0.05) is 49.6 Å². The smallest absolute Gasteiger partial charge is 0.406 e. The molecule has 1 fully saturated rings. The summed E-state index contributed by atoms with van der Waals surface area (Å²) in [5.41, 5.74) is 1.78. The summed E-state index contributed by atoms with van der Waals surface area (Å²) < 4.78 is 18.8. The molecule has 2 aromatic carbocycles. The molecule has 1 aliphatic rings.